The first-order chi connectivity index (χ1) is 14.0. The minimum atomic E-state index is -3.46. The van der Waals surface area contributed by atoms with E-state index in [0.717, 1.165) is 55.8 Å². The van der Waals surface area contributed by atoms with E-state index in [1.807, 2.05) is 26.0 Å². The third-order valence-corrected chi connectivity index (χ3v) is 7.48. The number of aryl methyl sites for hydroxylation is 1. The fraction of sp³-hybridized carbons (Fsp3) is 0.556. The molecule has 1 aliphatic rings. The zero-order valence-corrected chi connectivity index (χ0v) is 21.2. The Hall–Kier alpha value is -1.22. The summed E-state index contributed by atoms with van der Waals surface area (Å²) in [5.74, 6) is 0.819. The van der Waals surface area contributed by atoms with Crippen LogP contribution in [0, 0.1) is 6.92 Å². The molecule has 1 saturated heterocycles. The largest absolute Gasteiger partial charge is 0.364 e. The number of halogens is 1. The molecule has 0 amide bonds. The molecular weight excluding hydrogens is 539 g/mol. The second-order valence-electron chi connectivity index (χ2n) is 6.75. The highest BCUT2D eigenvalue weighted by Crippen LogP contribution is 2.20. The molecule has 0 radical (unpaired) electrons. The number of nitrogens with one attached hydrogen (secondary N) is 2. The number of hydrogen-bond acceptors (Lipinski definition) is 7. The molecule has 3 rings (SSSR count). The highest BCUT2D eigenvalue weighted by Gasteiger charge is 2.20. The van der Waals surface area contributed by atoms with Crippen molar-refractivity contribution in [3.05, 3.63) is 35.0 Å². The molecule has 0 atom stereocenters. The maximum atomic E-state index is 12.3. The molecule has 1 fully saturated rings. The number of piperazine rings is 1. The molecule has 0 spiro atoms. The summed E-state index contributed by atoms with van der Waals surface area (Å²) in [7, 11) is -3.46. The average Bonchev–Trinajstić information content (AvgIpc) is 3.37. The lowest BCUT2D eigenvalue weighted by atomic mass is 10.3. The molecule has 0 bridgehead atoms. The van der Waals surface area contributed by atoms with E-state index in [1.54, 1.807) is 12.3 Å². The van der Waals surface area contributed by atoms with Crippen LogP contribution in [-0.2, 0) is 16.6 Å². The monoisotopic (exact) mass is 568 g/mol. The van der Waals surface area contributed by atoms with Crippen LogP contribution in [-0.4, -0.2) is 75.1 Å². The van der Waals surface area contributed by atoms with Crippen molar-refractivity contribution in [1.82, 2.24) is 25.0 Å². The first-order valence-electron chi connectivity index (χ1n) is 9.69. The van der Waals surface area contributed by atoms with Gasteiger partial charge in [-0.15, -0.1) is 35.3 Å². The van der Waals surface area contributed by atoms with Crippen LogP contribution in [0.15, 0.2) is 38.2 Å². The van der Waals surface area contributed by atoms with Crippen molar-refractivity contribution in [3.63, 3.8) is 0 Å². The van der Waals surface area contributed by atoms with Gasteiger partial charge in [-0.2, -0.15) is 0 Å². The normalized spacial score (nSPS) is 15.8. The Labute approximate surface area is 199 Å². The molecule has 9 nitrogen and oxygen atoms in total. The Morgan fingerprint density at radius 2 is 2.03 bits per heavy atom. The number of thiophene rings is 1. The van der Waals surface area contributed by atoms with E-state index in [4.69, 9.17) is 4.52 Å². The van der Waals surface area contributed by atoms with Gasteiger partial charge in [0.15, 0.2) is 5.96 Å². The zero-order chi connectivity index (χ0) is 20.7. The van der Waals surface area contributed by atoms with Gasteiger partial charge in [0, 0.05) is 56.8 Å². The minimum Gasteiger partial charge on any atom is -0.364 e. The van der Waals surface area contributed by atoms with Gasteiger partial charge in [-0.3, -0.25) is 9.89 Å². The number of sulfonamides is 1. The van der Waals surface area contributed by atoms with Gasteiger partial charge >= 0.3 is 0 Å². The summed E-state index contributed by atoms with van der Waals surface area (Å²) < 4.78 is 32.4. The molecule has 12 heteroatoms. The fourth-order valence-electron chi connectivity index (χ4n) is 3.06. The van der Waals surface area contributed by atoms with Gasteiger partial charge in [0.05, 0.1) is 12.2 Å². The molecule has 168 valence electrons. The second-order valence-corrected chi connectivity index (χ2v) is 10.0. The van der Waals surface area contributed by atoms with E-state index in [0.29, 0.717) is 10.8 Å². The molecule has 2 N–H and O–H groups in total. The molecule has 0 unspecified atom stereocenters. The van der Waals surface area contributed by atoms with Gasteiger partial charge < -0.3 is 14.7 Å². The summed E-state index contributed by atoms with van der Waals surface area (Å²) in [6.07, 6.45) is 1.59. The zero-order valence-electron chi connectivity index (χ0n) is 17.2. The Balaban J connectivity index is 0.00000320. The van der Waals surface area contributed by atoms with Crippen LogP contribution in [0.5, 0.6) is 0 Å². The van der Waals surface area contributed by atoms with Crippen LogP contribution in [0.3, 0.4) is 0 Å². The van der Waals surface area contributed by atoms with Crippen molar-refractivity contribution in [2.45, 2.75) is 24.6 Å². The third-order valence-electron chi connectivity index (χ3n) is 4.53. The summed E-state index contributed by atoms with van der Waals surface area (Å²) in [6, 6.07) is 5.33. The Morgan fingerprint density at radius 3 is 2.63 bits per heavy atom. The van der Waals surface area contributed by atoms with E-state index < -0.39 is 10.0 Å². The lowest BCUT2D eigenvalue weighted by Crippen LogP contribution is -2.52. The van der Waals surface area contributed by atoms with Gasteiger partial charge in [0.25, 0.3) is 0 Å². The highest BCUT2D eigenvalue weighted by molar-refractivity contribution is 14.0. The van der Waals surface area contributed by atoms with Crippen LogP contribution >= 0.6 is 35.3 Å². The van der Waals surface area contributed by atoms with Gasteiger partial charge in [-0.25, -0.2) is 13.1 Å². The van der Waals surface area contributed by atoms with Crippen molar-refractivity contribution < 1.29 is 12.9 Å². The SMILES string of the molecule is CCNC(=NCCNS(=O)(=O)c1ccc(C)s1)N1CCN(Cc2ccon2)CC1.I. The van der Waals surface area contributed by atoms with E-state index in [9.17, 15) is 8.42 Å². The van der Waals surface area contributed by atoms with E-state index in [1.165, 1.54) is 11.3 Å². The highest BCUT2D eigenvalue weighted by atomic mass is 127. The molecule has 2 aromatic rings. The predicted octanol–water partition coefficient (Wildman–Crippen LogP) is 1.72. The number of aromatic nitrogens is 1. The van der Waals surface area contributed by atoms with Crippen LogP contribution in [0.25, 0.3) is 0 Å². The van der Waals surface area contributed by atoms with Crippen molar-refractivity contribution in [3.8, 4) is 0 Å². The van der Waals surface area contributed by atoms with Gasteiger partial charge in [-0.05, 0) is 26.0 Å². The molecule has 0 aliphatic carbocycles. The maximum Gasteiger partial charge on any atom is 0.250 e. The number of hydrogen-bond donors (Lipinski definition) is 2. The predicted molar refractivity (Wildman–Crippen MR) is 129 cm³/mol. The van der Waals surface area contributed by atoms with Crippen LogP contribution in [0.4, 0.5) is 0 Å². The number of nitrogens with zero attached hydrogens (tertiary/aromatic N) is 4. The van der Waals surface area contributed by atoms with Gasteiger partial charge in [0.1, 0.15) is 10.5 Å². The molecular formula is C18H29IN6O3S2. The van der Waals surface area contributed by atoms with Gasteiger partial charge in [0.2, 0.25) is 10.0 Å². The summed E-state index contributed by atoms with van der Waals surface area (Å²) in [4.78, 5) is 10.1. The number of rotatable bonds is 8. The Bertz CT molecular complexity index is 893. The second kappa shape index (κ2) is 12.0. The van der Waals surface area contributed by atoms with E-state index in [2.05, 4.69) is 30.0 Å². The summed E-state index contributed by atoms with van der Waals surface area (Å²) in [6.45, 7) is 9.61. The van der Waals surface area contributed by atoms with E-state index >= 15 is 0 Å². The maximum absolute atomic E-state index is 12.3. The van der Waals surface area contributed by atoms with Crippen LogP contribution < -0.4 is 10.0 Å². The van der Waals surface area contributed by atoms with Crippen LogP contribution in [0.2, 0.25) is 0 Å². The van der Waals surface area contributed by atoms with Gasteiger partial charge in [-0.1, -0.05) is 5.16 Å². The number of guanidine groups is 1. The lowest BCUT2D eigenvalue weighted by molar-refractivity contribution is 0.169. The van der Waals surface area contributed by atoms with Crippen molar-refractivity contribution in [2.75, 3.05) is 45.8 Å². The summed E-state index contributed by atoms with van der Waals surface area (Å²) in [5, 5.41) is 7.27. The topological polar surface area (TPSA) is 103 Å². The lowest BCUT2D eigenvalue weighted by Gasteiger charge is -2.36. The quantitative estimate of drug-likeness (QED) is 0.217. The molecule has 3 heterocycles. The average molecular weight is 569 g/mol. The standard InChI is InChI=1S/C18H28N6O3S2.HI/c1-3-19-18(20-7-8-21-29(25,26)17-5-4-15(2)28-17)24-11-9-23(10-12-24)14-16-6-13-27-22-16;/h4-6,13,21H,3,7-12,14H2,1-2H3,(H,19,20);1H. The Morgan fingerprint density at radius 1 is 1.27 bits per heavy atom. The fourth-order valence-corrected chi connectivity index (χ4v) is 5.41. The third kappa shape index (κ3) is 7.18. The summed E-state index contributed by atoms with van der Waals surface area (Å²) >= 11 is 1.27. The molecule has 30 heavy (non-hydrogen) atoms. The van der Waals surface area contributed by atoms with E-state index in [-0.39, 0.29) is 30.5 Å². The smallest absolute Gasteiger partial charge is 0.250 e. The number of aliphatic imine (C=N–C) groups is 1. The summed E-state index contributed by atoms with van der Waals surface area (Å²) in [5.41, 5.74) is 0.937. The van der Waals surface area contributed by atoms with Crippen molar-refractivity contribution >= 4 is 51.3 Å². The first kappa shape index (κ1) is 25.0. The van der Waals surface area contributed by atoms with Crippen molar-refractivity contribution in [2.24, 2.45) is 4.99 Å². The first-order valence-corrected chi connectivity index (χ1v) is 12.0. The minimum absolute atomic E-state index is 0. The molecule has 1 aliphatic heterocycles. The van der Waals surface area contributed by atoms with Crippen LogP contribution in [0.1, 0.15) is 17.5 Å². The molecule has 2 aromatic heterocycles. The Kier molecular flexibility index (Phi) is 10.0. The molecule has 0 aromatic carbocycles. The molecule has 0 saturated carbocycles. The van der Waals surface area contributed by atoms with Crippen molar-refractivity contribution in [1.29, 1.82) is 0 Å².